The van der Waals surface area contributed by atoms with Gasteiger partial charge in [-0.15, -0.1) is 0 Å². The molecule has 7 rings (SSSR count). The Morgan fingerprint density at radius 1 is 1.17 bits per heavy atom. The number of ether oxygens (including phenoxy) is 1. The highest BCUT2D eigenvalue weighted by Gasteiger charge is 2.58. The summed E-state index contributed by atoms with van der Waals surface area (Å²) in [5, 5.41) is 0. The molecular weight excluding hydrogens is 440 g/mol. The molecule has 35 heavy (non-hydrogen) atoms. The normalized spacial score (nSPS) is 33.1. The molecule has 7 aliphatic rings. The van der Waals surface area contributed by atoms with Crippen LogP contribution >= 0.6 is 0 Å². The Hall–Kier alpha value is -2.67. The molecule has 3 heterocycles. The van der Waals surface area contributed by atoms with Crippen LogP contribution in [0.4, 0.5) is 0 Å². The third-order valence-electron chi connectivity index (χ3n) is 8.83. The Kier molecular flexibility index (Phi) is 4.89. The molecule has 0 aromatic heterocycles. The zero-order valence-electron chi connectivity index (χ0n) is 20.2. The number of allylic oxidation sites excluding steroid dienone is 5. The van der Waals surface area contributed by atoms with Crippen LogP contribution in [0.3, 0.4) is 0 Å². The van der Waals surface area contributed by atoms with Crippen LogP contribution in [0, 0.1) is 23.7 Å². The maximum absolute atomic E-state index is 13.3. The van der Waals surface area contributed by atoms with Gasteiger partial charge in [-0.05, 0) is 62.0 Å². The minimum atomic E-state index is -0.495. The number of carbonyl (C=O) groups excluding carboxylic acids is 2. The smallest absolute Gasteiger partial charge is 0.256 e. The topological polar surface area (TPSA) is 88.2 Å². The van der Waals surface area contributed by atoms with Crippen molar-refractivity contribution in [2.45, 2.75) is 56.6 Å². The molecule has 2 N–H and O–H groups in total. The number of hydrogen-bond donors (Lipinski definition) is 1. The summed E-state index contributed by atoms with van der Waals surface area (Å²) in [6.07, 6.45) is 18.2. The van der Waals surface area contributed by atoms with Gasteiger partial charge in [0.25, 0.3) is 5.91 Å². The molecule has 4 aliphatic carbocycles. The van der Waals surface area contributed by atoms with Gasteiger partial charge < -0.3 is 15.4 Å². The number of nitrogens with zero attached hydrogens (tertiary/aromatic N) is 3. The van der Waals surface area contributed by atoms with E-state index >= 15 is 0 Å². The maximum atomic E-state index is 13.3. The highest BCUT2D eigenvalue weighted by Crippen LogP contribution is 2.47. The number of hydrogen-bond acceptors (Lipinski definition) is 5. The Labute approximate surface area is 206 Å². The molecule has 0 aromatic carbocycles. The fourth-order valence-electron chi connectivity index (χ4n) is 6.30. The Balaban J connectivity index is 1.02. The van der Waals surface area contributed by atoms with Crippen molar-refractivity contribution in [2.24, 2.45) is 34.4 Å². The average Bonchev–Trinajstić information content (AvgIpc) is 3.77. The molecule has 3 atom stereocenters. The van der Waals surface area contributed by atoms with Gasteiger partial charge in [-0.2, -0.15) is 0 Å². The van der Waals surface area contributed by atoms with Gasteiger partial charge in [0, 0.05) is 50.0 Å². The van der Waals surface area contributed by atoms with Crippen LogP contribution in [0.2, 0.25) is 0 Å². The largest absolute Gasteiger partial charge is 0.489 e. The van der Waals surface area contributed by atoms with E-state index in [9.17, 15) is 9.59 Å². The molecule has 7 nitrogen and oxygen atoms in total. The standard InChI is InChI=1S/C28H34N4O3/c29-13-23-12-22-11-21(7-8-24(22)35-23)18-1-3-19(4-2-18)25-30-28(9-10-28)27(34)32(25)16-17-14-31(15-17)26(33)20-5-6-20/h1,3-4,8,11,17-18,20-21,23H,2,5-7,9-10,12-16,29H2. The van der Waals surface area contributed by atoms with E-state index in [0.29, 0.717) is 36.8 Å². The van der Waals surface area contributed by atoms with E-state index in [2.05, 4.69) is 30.4 Å². The van der Waals surface area contributed by atoms with Gasteiger partial charge >= 0.3 is 0 Å². The van der Waals surface area contributed by atoms with Crippen LogP contribution in [0.15, 0.2) is 52.3 Å². The molecule has 0 aromatic rings. The zero-order valence-corrected chi connectivity index (χ0v) is 20.2. The summed E-state index contributed by atoms with van der Waals surface area (Å²) in [6, 6.07) is 0. The van der Waals surface area contributed by atoms with Crippen molar-refractivity contribution in [1.82, 2.24) is 9.80 Å². The summed E-state index contributed by atoms with van der Waals surface area (Å²) in [5.74, 6) is 3.89. The summed E-state index contributed by atoms with van der Waals surface area (Å²) >= 11 is 0. The number of amidine groups is 1. The lowest BCUT2D eigenvalue weighted by atomic mass is 9.79. The van der Waals surface area contributed by atoms with Crippen molar-refractivity contribution in [1.29, 1.82) is 0 Å². The van der Waals surface area contributed by atoms with E-state index in [1.54, 1.807) is 0 Å². The van der Waals surface area contributed by atoms with Crippen LogP contribution in [0.25, 0.3) is 0 Å². The molecule has 2 saturated carbocycles. The van der Waals surface area contributed by atoms with Crippen molar-refractivity contribution < 1.29 is 14.3 Å². The fraction of sp³-hybridized carbons (Fsp3) is 0.607. The summed E-state index contributed by atoms with van der Waals surface area (Å²) < 4.78 is 5.92. The third-order valence-corrected chi connectivity index (χ3v) is 8.83. The minimum Gasteiger partial charge on any atom is -0.489 e. The van der Waals surface area contributed by atoms with Crippen molar-refractivity contribution in [3.8, 4) is 0 Å². The first-order valence-electron chi connectivity index (χ1n) is 13.4. The molecule has 4 fully saturated rings. The summed E-state index contributed by atoms with van der Waals surface area (Å²) in [4.78, 5) is 34.4. The zero-order chi connectivity index (χ0) is 23.7. The fourth-order valence-corrected chi connectivity index (χ4v) is 6.30. The van der Waals surface area contributed by atoms with Gasteiger partial charge in [-0.1, -0.05) is 24.3 Å². The van der Waals surface area contributed by atoms with Crippen molar-refractivity contribution in [3.63, 3.8) is 0 Å². The predicted molar refractivity (Wildman–Crippen MR) is 132 cm³/mol. The first-order chi connectivity index (χ1) is 17.0. The monoisotopic (exact) mass is 474 g/mol. The second kappa shape index (κ2) is 7.92. The number of likely N-dealkylation sites (tertiary alicyclic amines) is 1. The predicted octanol–water partition coefficient (Wildman–Crippen LogP) is 2.71. The second-order valence-corrected chi connectivity index (χ2v) is 11.5. The van der Waals surface area contributed by atoms with Crippen LogP contribution < -0.4 is 5.73 Å². The van der Waals surface area contributed by atoms with Gasteiger partial charge in [0.1, 0.15) is 23.2 Å². The van der Waals surface area contributed by atoms with Gasteiger partial charge in [-0.25, -0.2) is 0 Å². The van der Waals surface area contributed by atoms with E-state index in [0.717, 1.165) is 75.2 Å². The lowest BCUT2D eigenvalue weighted by Crippen LogP contribution is -2.55. The quantitative estimate of drug-likeness (QED) is 0.641. The van der Waals surface area contributed by atoms with Crippen LogP contribution in [0.5, 0.6) is 0 Å². The molecule has 0 radical (unpaired) electrons. The molecule has 1 spiro atoms. The van der Waals surface area contributed by atoms with Crippen molar-refractivity contribution in [2.75, 3.05) is 26.2 Å². The van der Waals surface area contributed by atoms with Gasteiger partial charge in [0.05, 0.1) is 0 Å². The number of amides is 2. The van der Waals surface area contributed by atoms with Crippen LogP contribution in [-0.2, 0) is 14.3 Å². The van der Waals surface area contributed by atoms with Gasteiger partial charge in [0.15, 0.2) is 0 Å². The van der Waals surface area contributed by atoms with E-state index < -0.39 is 5.54 Å². The second-order valence-electron chi connectivity index (χ2n) is 11.5. The van der Waals surface area contributed by atoms with E-state index in [4.69, 9.17) is 15.5 Å². The number of carbonyl (C=O) groups is 2. The molecular formula is C28H34N4O3. The minimum absolute atomic E-state index is 0.118. The Bertz CT molecular complexity index is 1120. The molecule has 184 valence electrons. The molecule has 0 bridgehead atoms. The van der Waals surface area contributed by atoms with Crippen molar-refractivity contribution >= 4 is 17.6 Å². The lowest BCUT2D eigenvalue weighted by molar-refractivity contribution is -0.139. The molecule has 3 aliphatic heterocycles. The van der Waals surface area contributed by atoms with Crippen molar-refractivity contribution in [3.05, 3.63) is 47.3 Å². The first-order valence-corrected chi connectivity index (χ1v) is 13.4. The molecule has 2 amide bonds. The first kappa shape index (κ1) is 21.6. The van der Waals surface area contributed by atoms with Gasteiger partial charge in [-0.3, -0.25) is 19.5 Å². The van der Waals surface area contributed by atoms with E-state index in [1.807, 2.05) is 9.80 Å². The molecule has 3 unspecified atom stereocenters. The highest BCUT2D eigenvalue weighted by atomic mass is 16.5. The molecule has 2 saturated heterocycles. The number of fused-ring (bicyclic) bond motifs is 1. The summed E-state index contributed by atoms with van der Waals surface area (Å²) in [6.45, 7) is 2.78. The Morgan fingerprint density at radius 3 is 2.66 bits per heavy atom. The van der Waals surface area contributed by atoms with Crippen LogP contribution in [0.1, 0.15) is 44.9 Å². The Morgan fingerprint density at radius 2 is 1.97 bits per heavy atom. The highest BCUT2D eigenvalue weighted by molar-refractivity contribution is 6.17. The maximum Gasteiger partial charge on any atom is 0.256 e. The number of rotatable bonds is 6. The number of nitrogens with two attached hydrogens (primary N) is 1. The SMILES string of the molecule is NCC1CC2=CC(C3C=CC(C4=NC5(CC5)C(=O)N4CC4CN(C(=O)C5CC5)C4)=CC3)CC=C2O1. The van der Waals surface area contributed by atoms with Crippen LogP contribution in [-0.4, -0.2) is 65.3 Å². The summed E-state index contributed by atoms with van der Waals surface area (Å²) in [7, 11) is 0. The molecule has 7 heteroatoms. The van der Waals surface area contributed by atoms with Gasteiger partial charge in [0.2, 0.25) is 5.91 Å². The summed E-state index contributed by atoms with van der Waals surface area (Å²) in [5.41, 5.74) is 7.70. The third kappa shape index (κ3) is 3.70. The van der Waals surface area contributed by atoms with E-state index in [1.165, 1.54) is 5.57 Å². The lowest BCUT2D eigenvalue weighted by Gasteiger charge is -2.41. The van der Waals surface area contributed by atoms with E-state index in [-0.39, 0.29) is 17.9 Å². The average molecular weight is 475 g/mol. The number of aliphatic imine (C=N–C) groups is 1.